The number of hydrogen-bond acceptors (Lipinski definition) is 7. The van der Waals surface area contributed by atoms with Crippen LogP contribution in [0.5, 0.6) is 11.5 Å². The number of carbonyl (C=O) groups excluding carboxylic acids is 2. The van der Waals surface area contributed by atoms with Crippen LogP contribution in [0.1, 0.15) is 25.3 Å². The summed E-state index contributed by atoms with van der Waals surface area (Å²) >= 11 is 0. The number of aromatic nitrogens is 2. The van der Waals surface area contributed by atoms with E-state index in [1.807, 2.05) is 24.3 Å². The van der Waals surface area contributed by atoms with E-state index in [-0.39, 0.29) is 24.4 Å². The van der Waals surface area contributed by atoms with Crippen molar-refractivity contribution in [1.82, 2.24) is 9.55 Å². The molecule has 1 amide bonds. The van der Waals surface area contributed by atoms with Crippen LogP contribution in [0.4, 0.5) is 5.69 Å². The van der Waals surface area contributed by atoms with Crippen molar-refractivity contribution in [2.75, 3.05) is 25.7 Å². The summed E-state index contributed by atoms with van der Waals surface area (Å²) in [5.41, 5.74) is 2.23. The van der Waals surface area contributed by atoms with E-state index in [9.17, 15) is 14.4 Å². The molecule has 1 atom stereocenters. The number of rotatable bonds is 8. The SMILES string of the molecule is COc1cc2ncn(CCCC(=O)OC(C)C(=O)N3CCc4ccccc43)c(=O)c2cc1OC. The van der Waals surface area contributed by atoms with Gasteiger partial charge in [-0.3, -0.25) is 19.0 Å². The molecule has 34 heavy (non-hydrogen) atoms. The molecule has 1 aromatic heterocycles. The largest absolute Gasteiger partial charge is 0.493 e. The molecule has 178 valence electrons. The zero-order valence-electron chi connectivity index (χ0n) is 19.4. The number of para-hydroxylation sites is 1. The maximum Gasteiger partial charge on any atom is 0.306 e. The van der Waals surface area contributed by atoms with Crippen LogP contribution in [-0.2, 0) is 27.3 Å². The first kappa shape index (κ1) is 23.3. The number of amides is 1. The number of anilines is 1. The Morgan fingerprint density at radius 1 is 1.12 bits per heavy atom. The lowest BCUT2D eigenvalue weighted by Crippen LogP contribution is -2.39. The number of fused-ring (bicyclic) bond motifs is 2. The van der Waals surface area contributed by atoms with Gasteiger partial charge in [-0.1, -0.05) is 18.2 Å². The molecule has 9 heteroatoms. The van der Waals surface area contributed by atoms with Crippen molar-refractivity contribution in [3.8, 4) is 11.5 Å². The average Bonchev–Trinajstić information content (AvgIpc) is 3.28. The summed E-state index contributed by atoms with van der Waals surface area (Å²) in [6.07, 6.45) is 1.79. The monoisotopic (exact) mass is 465 g/mol. The third-order valence-electron chi connectivity index (χ3n) is 5.92. The highest BCUT2D eigenvalue weighted by molar-refractivity contribution is 5.99. The lowest BCUT2D eigenvalue weighted by atomic mass is 10.2. The molecule has 1 aliphatic heterocycles. The fourth-order valence-corrected chi connectivity index (χ4v) is 4.13. The fourth-order valence-electron chi connectivity index (χ4n) is 4.13. The van der Waals surface area contributed by atoms with E-state index >= 15 is 0 Å². The molecule has 0 bridgehead atoms. The molecule has 0 saturated carbocycles. The molecular formula is C25H27N3O6. The van der Waals surface area contributed by atoms with Gasteiger partial charge in [-0.25, -0.2) is 4.98 Å². The topological polar surface area (TPSA) is 100.0 Å². The summed E-state index contributed by atoms with van der Waals surface area (Å²) in [6.45, 7) is 2.45. The van der Waals surface area contributed by atoms with Gasteiger partial charge in [0, 0.05) is 31.3 Å². The second-order valence-electron chi connectivity index (χ2n) is 8.07. The molecule has 4 rings (SSSR count). The minimum atomic E-state index is -0.883. The minimum absolute atomic E-state index is 0.0740. The highest BCUT2D eigenvalue weighted by Gasteiger charge is 2.29. The van der Waals surface area contributed by atoms with Gasteiger partial charge in [-0.2, -0.15) is 0 Å². The first-order valence-electron chi connectivity index (χ1n) is 11.1. The maximum absolute atomic E-state index is 12.8. The highest BCUT2D eigenvalue weighted by atomic mass is 16.5. The molecule has 1 unspecified atom stereocenters. The van der Waals surface area contributed by atoms with Crippen molar-refractivity contribution in [2.24, 2.45) is 0 Å². The van der Waals surface area contributed by atoms with E-state index in [2.05, 4.69) is 4.98 Å². The van der Waals surface area contributed by atoms with E-state index in [1.54, 1.807) is 24.0 Å². The van der Waals surface area contributed by atoms with Crippen LogP contribution in [-0.4, -0.2) is 48.3 Å². The molecule has 0 N–H and O–H groups in total. The average molecular weight is 466 g/mol. The number of carbonyl (C=O) groups is 2. The van der Waals surface area contributed by atoms with Gasteiger partial charge in [0.15, 0.2) is 17.6 Å². The summed E-state index contributed by atoms with van der Waals surface area (Å²) in [7, 11) is 3.01. The molecule has 1 aliphatic rings. The molecule has 0 radical (unpaired) electrons. The number of ether oxygens (including phenoxy) is 3. The van der Waals surface area contributed by atoms with Gasteiger partial charge < -0.3 is 19.1 Å². The Hall–Kier alpha value is -3.88. The third kappa shape index (κ3) is 4.59. The Morgan fingerprint density at radius 2 is 1.85 bits per heavy atom. The zero-order chi connectivity index (χ0) is 24.2. The van der Waals surface area contributed by atoms with Crippen molar-refractivity contribution in [3.05, 3.63) is 58.6 Å². The van der Waals surface area contributed by atoms with Crippen molar-refractivity contribution in [2.45, 2.75) is 38.8 Å². The number of methoxy groups -OCH3 is 2. The zero-order valence-corrected chi connectivity index (χ0v) is 19.4. The fraction of sp³-hybridized carbons (Fsp3) is 0.360. The van der Waals surface area contributed by atoms with Crippen molar-refractivity contribution < 1.29 is 23.8 Å². The number of aryl methyl sites for hydroxylation is 1. The van der Waals surface area contributed by atoms with Crippen LogP contribution in [0.3, 0.4) is 0 Å². The Labute approximate surface area is 196 Å². The van der Waals surface area contributed by atoms with Crippen LogP contribution in [0.25, 0.3) is 10.9 Å². The van der Waals surface area contributed by atoms with Crippen molar-refractivity contribution in [1.29, 1.82) is 0 Å². The van der Waals surface area contributed by atoms with Crippen LogP contribution in [0.15, 0.2) is 47.5 Å². The molecule has 2 heterocycles. The van der Waals surface area contributed by atoms with Crippen LogP contribution < -0.4 is 19.9 Å². The van der Waals surface area contributed by atoms with Gasteiger partial charge >= 0.3 is 5.97 Å². The summed E-state index contributed by atoms with van der Waals surface area (Å²) in [4.78, 5) is 43.9. The molecular weight excluding hydrogens is 438 g/mol. The molecule has 0 aliphatic carbocycles. The van der Waals surface area contributed by atoms with Crippen LogP contribution in [0, 0.1) is 0 Å². The predicted octanol–water partition coefficient (Wildman–Crippen LogP) is 2.71. The molecule has 0 spiro atoms. The molecule has 3 aromatic rings. The van der Waals surface area contributed by atoms with E-state index < -0.39 is 12.1 Å². The molecule has 0 fully saturated rings. The molecule has 9 nitrogen and oxygen atoms in total. The normalized spacial score (nSPS) is 13.4. The van der Waals surface area contributed by atoms with Gasteiger partial charge in [-0.15, -0.1) is 0 Å². The standard InChI is InChI=1S/C25H27N3O6/c1-16(24(30)28-12-10-17-7-4-5-8-20(17)28)34-23(29)9-6-11-27-15-26-19-14-22(33-3)21(32-2)13-18(19)25(27)31/h4-5,7-8,13-16H,6,9-12H2,1-3H3. The van der Waals surface area contributed by atoms with Crippen LogP contribution >= 0.6 is 0 Å². The van der Waals surface area contributed by atoms with Gasteiger partial charge in [0.25, 0.3) is 11.5 Å². The second kappa shape index (κ2) is 9.94. The number of hydrogen-bond donors (Lipinski definition) is 0. The Morgan fingerprint density at radius 3 is 2.62 bits per heavy atom. The summed E-state index contributed by atoms with van der Waals surface area (Å²) in [5, 5.41) is 0.396. The number of nitrogens with zero attached hydrogens (tertiary/aromatic N) is 3. The Balaban J connectivity index is 1.34. The van der Waals surface area contributed by atoms with Crippen molar-refractivity contribution in [3.63, 3.8) is 0 Å². The second-order valence-corrected chi connectivity index (χ2v) is 8.07. The minimum Gasteiger partial charge on any atom is -0.493 e. The predicted molar refractivity (Wildman–Crippen MR) is 126 cm³/mol. The van der Waals surface area contributed by atoms with E-state index in [0.29, 0.717) is 35.4 Å². The lowest BCUT2D eigenvalue weighted by Gasteiger charge is -2.21. The first-order chi connectivity index (χ1) is 16.4. The van der Waals surface area contributed by atoms with Gasteiger partial charge in [0.2, 0.25) is 0 Å². The Kier molecular flexibility index (Phi) is 6.81. The van der Waals surface area contributed by atoms with E-state index in [0.717, 1.165) is 17.7 Å². The summed E-state index contributed by atoms with van der Waals surface area (Å²) in [5.74, 6) is 0.206. The first-order valence-corrected chi connectivity index (χ1v) is 11.1. The molecule has 2 aromatic carbocycles. The molecule has 0 saturated heterocycles. The summed E-state index contributed by atoms with van der Waals surface area (Å²) in [6, 6.07) is 11.0. The van der Waals surface area contributed by atoms with Gasteiger partial charge in [0.05, 0.1) is 31.4 Å². The smallest absolute Gasteiger partial charge is 0.306 e. The van der Waals surface area contributed by atoms with Crippen LogP contribution in [0.2, 0.25) is 0 Å². The Bertz CT molecular complexity index is 1290. The van der Waals surface area contributed by atoms with Crippen molar-refractivity contribution >= 4 is 28.5 Å². The lowest BCUT2D eigenvalue weighted by molar-refractivity contribution is -0.154. The maximum atomic E-state index is 12.8. The van der Waals surface area contributed by atoms with E-state index in [1.165, 1.54) is 25.1 Å². The third-order valence-corrected chi connectivity index (χ3v) is 5.92. The van der Waals surface area contributed by atoms with E-state index in [4.69, 9.17) is 14.2 Å². The van der Waals surface area contributed by atoms with Gasteiger partial charge in [-0.05, 0) is 37.5 Å². The summed E-state index contributed by atoms with van der Waals surface area (Å²) < 4.78 is 17.3. The number of esters is 1. The highest BCUT2D eigenvalue weighted by Crippen LogP contribution is 2.30. The van der Waals surface area contributed by atoms with Gasteiger partial charge in [0.1, 0.15) is 0 Å². The number of benzene rings is 2. The quantitative estimate of drug-likeness (QED) is 0.472.